The average Bonchev–Trinajstić information content (AvgIpc) is 2.68. The van der Waals surface area contributed by atoms with Crippen LogP contribution in [0.1, 0.15) is 13.8 Å². The molecule has 0 radical (unpaired) electrons. The van der Waals surface area contributed by atoms with Crippen molar-refractivity contribution in [3.8, 4) is 5.88 Å². The molecule has 0 saturated carbocycles. The molecule has 2 heterocycles. The molecule has 2 aromatic rings. The molecule has 0 spiro atoms. The molecule has 0 unspecified atom stereocenters. The Morgan fingerprint density at radius 1 is 1.14 bits per heavy atom. The van der Waals surface area contributed by atoms with Crippen LogP contribution < -0.4 is 20.3 Å². The molecule has 156 valence electrons. The third kappa shape index (κ3) is 5.02. The van der Waals surface area contributed by atoms with Crippen molar-refractivity contribution in [2.24, 2.45) is 0 Å². The number of likely N-dealkylation sites (N-methyl/N-ethyl adjacent to an activating group) is 1. The normalized spacial score (nSPS) is 14.7. The molecule has 0 atom stereocenters. The summed E-state index contributed by atoms with van der Waals surface area (Å²) in [6, 6.07) is 7.94. The number of benzene rings is 1. The standard InChI is InChI=1S/C19H27N7O3/c1-13(2)20-17-16(26(27)28)18(29-4)23-19(22-17)21-14-5-7-15(8-6-14)25-11-9-24(3)10-12-25/h5-8,13H,9-12H2,1-4H3,(H2,20,21,22,23). The van der Waals surface area contributed by atoms with E-state index in [4.69, 9.17) is 4.74 Å². The fourth-order valence-corrected chi connectivity index (χ4v) is 3.12. The van der Waals surface area contributed by atoms with Gasteiger partial charge in [0.15, 0.2) is 0 Å². The predicted molar refractivity (Wildman–Crippen MR) is 113 cm³/mol. The van der Waals surface area contributed by atoms with E-state index in [1.807, 2.05) is 38.1 Å². The van der Waals surface area contributed by atoms with Gasteiger partial charge in [0.25, 0.3) is 0 Å². The lowest BCUT2D eigenvalue weighted by Crippen LogP contribution is -2.44. The average molecular weight is 401 g/mol. The summed E-state index contributed by atoms with van der Waals surface area (Å²) in [7, 11) is 3.48. The molecule has 0 aliphatic carbocycles. The van der Waals surface area contributed by atoms with Gasteiger partial charge in [-0.2, -0.15) is 9.97 Å². The van der Waals surface area contributed by atoms with Gasteiger partial charge in [-0.15, -0.1) is 0 Å². The second-order valence-electron chi connectivity index (χ2n) is 7.27. The Balaban J connectivity index is 1.81. The van der Waals surface area contributed by atoms with Gasteiger partial charge in [-0.3, -0.25) is 10.1 Å². The Labute approximate surface area is 170 Å². The minimum absolute atomic E-state index is 0.0379. The highest BCUT2D eigenvalue weighted by Gasteiger charge is 2.26. The van der Waals surface area contributed by atoms with Gasteiger partial charge in [-0.1, -0.05) is 0 Å². The second-order valence-corrected chi connectivity index (χ2v) is 7.27. The molecule has 0 bridgehead atoms. The van der Waals surface area contributed by atoms with Gasteiger partial charge in [-0.25, -0.2) is 0 Å². The summed E-state index contributed by atoms with van der Waals surface area (Å²) in [5.74, 6) is 0.251. The van der Waals surface area contributed by atoms with Crippen LogP contribution in [0, 0.1) is 10.1 Å². The highest BCUT2D eigenvalue weighted by Crippen LogP contribution is 2.34. The van der Waals surface area contributed by atoms with E-state index in [0.717, 1.165) is 37.6 Å². The van der Waals surface area contributed by atoms with Gasteiger partial charge >= 0.3 is 11.6 Å². The first-order valence-electron chi connectivity index (χ1n) is 9.55. The number of nitro groups is 1. The molecular formula is C19H27N7O3. The highest BCUT2D eigenvalue weighted by atomic mass is 16.6. The van der Waals surface area contributed by atoms with Crippen LogP contribution in [0.5, 0.6) is 5.88 Å². The first kappa shape index (κ1) is 20.6. The Morgan fingerprint density at radius 3 is 2.34 bits per heavy atom. The third-order valence-corrected chi connectivity index (χ3v) is 4.65. The van der Waals surface area contributed by atoms with E-state index < -0.39 is 4.92 Å². The quantitative estimate of drug-likeness (QED) is 0.534. The van der Waals surface area contributed by atoms with Crippen LogP contribution in [0.3, 0.4) is 0 Å². The maximum atomic E-state index is 11.4. The van der Waals surface area contributed by atoms with Gasteiger partial charge < -0.3 is 25.2 Å². The molecule has 2 N–H and O–H groups in total. The van der Waals surface area contributed by atoms with Crippen molar-refractivity contribution in [3.63, 3.8) is 0 Å². The van der Waals surface area contributed by atoms with Crippen LogP contribution in [-0.2, 0) is 0 Å². The van der Waals surface area contributed by atoms with E-state index in [0.29, 0.717) is 0 Å². The second kappa shape index (κ2) is 8.91. The zero-order valence-corrected chi connectivity index (χ0v) is 17.2. The van der Waals surface area contributed by atoms with Crippen LogP contribution in [-0.4, -0.2) is 66.2 Å². The summed E-state index contributed by atoms with van der Waals surface area (Å²) in [4.78, 5) is 24.0. The van der Waals surface area contributed by atoms with E-state index in [9.17, 15) is 10.1 Å². The number of rotatable bonds is 7. The SMILES string of the molecule is COc1nc(Nc2ccc(N3CCN(C)CC3)cc2)nc(NC(C)C)c1[N+](=O)[O-]. The first-order chi connectivity index (χ1) is 13.9. The van der Waals surface area contributed by atoms with Crippen LogP contribution in [0.15, 0.2) is 24.3 Å². The summed E-state index contributed by atoms with van der Waals surface area (Å²) in [6.07, 6.45) is 0. The number of anilines is 4. The Bertz CT molecular complexity index is 850. The fourth-order valence-electron chi connectivity index (χ4n) is 3.12. The van der Waals surface area contributed by atoms with Crippen LogP contribution in [0.2, 0.25) is 0 Å². The maximum absolute atomic E-state index is 11.4. The predicted octanol–water partition coefficient (Wildman–Crippen LogP) is 2.71. The van der Waals surface area contributed by atoms with Crippen molar-refractivity contribution < 1.29 is 9.66 Å². The van der Waals surface area contributed by atoms with Gasteiger partial charge in [0, 0.05) is 43.6 Å². The lowest BCUT2D eigenvalue weighted by Gasteiger charge is -2.34. The summed E-state index contributed by atoms with van der Waals surface area (Å²) < 4.78 is 5.13. The monoisotopic (exact) mass is 401 g/mol. The van der Waals surface area contributed by atoms with Crippen molar-refractivity contribution in [1.82, 2.24) is 14.9 Å². The zero-order valence-electron chi connectivity index (χ0n) is 17.2. The number of hydrogen-bond acceptors (Lipinski definition) is 9. The van der Waals surface area contributed by atoms with E-state index in [1.165, 1.54) is 7.11 Å². The minimum atomic E-state index is -0.543. The number of hydrogen-bond donors (Lipinski definition) is 2. The molecule has 3 rings (SSSR count). The summed E-state index contributed by atoms with van der Waals surface area (Å²) in [6.45, 7) is 7.83. The van der Waals surface area contributed by atoms with Crippen molar-refractivity contribution in [1.29, 1.82) is 0 Å². The van der Waals surface area contributed by atoms with Gasteiger partial charge in [0.1, 0.15) is 0 Å². The maximum Gasteiger partial charge on any atom is 0.372 e. The Morgan fingerprint density at radius 2 is 1.79 bits per heavy atom. The number of ether oxygens (including phenoxy) is 1. The van der Waals surface area contributed by atoms with Crippen molar-refractivity contribution in [2.75, 3.05) is 55.9 Å². The molecule has 1 aromatic heterocycles. The third-order valence-electron chi connectivity index (χ3n) is 4.65. The molecule has 10 nitrogen and oxygen atoms in total. The molecule has 29 heavy (non-hydrogen) atoms. The molecule has 10 heteroatoms. The van der Waals surface area contributed by atoms with Crippen LogP contribution >= 0.6 is 0 Å². The number of aromatic nitrogens is 2. The molecule has 1 saturated heterocycles. The topological polar surface area (TPSA) is 109 Å². The van der Waals surface area contributed by atoms with Crippen LogP contribution in [0.4, 0.5) is 28.8 Å². The first-order valence-corrected chi connectivity index (χ1v) is 9.55. The fraction of sp³-hybridized carbons (Fsp3) is 0.474. The summed E-state index contributed by atoms with van der Waals surface area (Å²) in [5.41, 5.74) is 1.67. The molecule has 1 aliphatic rings. The van der Waals surface area contributed by atoms with Gasteiger partial charge in [0.05, 0.1) is 12.0 Å². The number of piperazine rings is 1. The van der Waals surface area contributed by atoms with E-state index in [2.05, 4.69) is 37.4 Å². The van der Waals surface area contributed by atoms with Crippen LogP contribution in [0.25, 0.3) is 0 Å². The highest BCUT2D eigenvalue weighted by molar-refractivity contribution is 5.67. The van der Waals surface area contributed by atoms with Crippen molar-refractivity contribution in [3.05, 3.63) is 34.4 Å². The molecular weight excluding hydrogens is 374 g/mol. The molecule has 1 aliphatic heterocycles. The number of nitrogens with zero attached hydrogens (tertiary/aromatic N) is 5. The number of methoxy groups -OCH3 is 1. The van der Waals surface area contributed by atoms with E-state index in [-0.39, 0.29) is 29.4 Å². The lowest BCUT2D eigenvalue weighted by molar-refractivity contribution is -0.385. The van der Waals surface area contributed by atoms with E-state index in [1.54, 1.807) is 0 Å². The Hall–Kier alpha value is -3.14. The Kier molecular flexibility index (Phi) is 6.32. The van der Waals surface area contributed by atoms with Crippen molar-refractivity contribution >= 4 is 28.8 Å². The summed E-state index contributed by atoms with van der Waals surface area (Å²) >= 11 is 0. The smallest absolute Gasteiger partial charge is 0.372 e. The minimum Gasteiger partial charge on any atom is -0.476 e. The lowest BCUT2D eigenvalue weighted by atomic mass is 10.2. The zero-order chi connectivity index (χ0) is 21.0. The summed E-state index contributed by atoms with van der Waals surface area (Å²) in [5, 5.41) is 17.5. The molecule has 1 fully saturated rings. The van der Waals surface area contributed by atoms with Gasteiger partial charge in [0.2, 0.25) is 11.8 Å². The largest absolute Gasteiger partial charge is 0.476 e. The van der Waals surface area contributed by atoms with E-state index >= 15 is 0 Å². The van der Waals surface area contributed by atoms with Gasteiger partial charge in [-0.05, 0) is 45.2 Å². The molecule has 0 amide bonds. The van der Waals surface area contributed by atoms with Crippen molar-refractivity contribution in [2.45, 2.75) is 19.9 Å². The molecule has 1 aromatic carbocycles. The number of nitrogens with one attached hydrogen (secondary N) is 2.